The van der Waals surface area contributed by atoms with Crippen molar-refractivity contribution in [2.75, 3.05) is 6.61 Å². The second-order valence-electron chi connectivity index (χ2n) is 6.83. The summed E-state index contributed by atoms with van der Waals surface area (Å²) in [5.74, 6) is 0. The number of hydrogen-bond donors (Lipinski definition) is 0. The Hall–Kier alpha value is -0.260. The zero-order valence-electron chi connectivity index (χ0n) is 12.4. The average molecular weight is 418 g/mol. The highest BCUT2D eigenvalue weighted by molar-refractivity contribution is 14.2. The molecule has 2 heterocycles. The molecule has 6 heteroatoms. The summed E-state index contributed by atoms with van der Waals surface area (Å²) in [6.45, 7) is 5.39. The van der Waals surface area contributed by atoms with E-state index in [1.807, 2.05) is 10.6 Å². The number of nitrogens with zero attached hydrogens (tertiary/aromatic N) is 2. The minimum atomic E-state index is 0.0158. The fourth-order valence-corrected chi connectivity index (χ4v) is 4.54. The van der Waals surface area contributed by atoms with Crippen LogP contribution in [0.1, 0.15) is 55.6 Å². The number of allylic oxidation sites excluding steroid dienone is 1. The van der Waals surface area contributed by atoms with Gasteiger partial charge in [0.05, 0.1) is 29.8 Å². The molecule has 2 aliphatic rings. The first-order valence-corrected chi connectivity index (χ1v) is 11.3. The molecule has 1 aromatic heterocycles. The summed E-state index contributed by atoms with van der Waals surface area (Å²) in [6.07, 6.45) is 9.53. The number of aromatic nitrogens is 2. The maximum Gasteiger partial charge on any atom is 0.153 e. The van der Waals surface area contributed by atoms with Gasteiger partial charge >= 0.3 is 0 Å². The highest BCUT2D eigenvalue weighted by Crippen LogP contribution is 2.47. The Balaban J connectivity index is 1.82. The maximum absolute atomic E-state index is 11.2. The van der Waals surface area contributed by atoms with Crippen molar-refractivity contribution in [2.24, 2.45) is 5.41 Å². The summed E-state index contributed by atoms with van der Waals surface area (Å²) < 4.78 is 7.97. The van der Waals surface area contributed by atoms with E-state index in [1.54, 1.807) is 0 Å². The van der Waals surface area contributed by atoms with Crippen molar-refractivity contribution in [2.45, 2.75) is 45.1 Å². The van der Waals surface area contributed by atoms with Crippen LogP contribution in [0.3, 0.4) is 0 Å². The number of halogens is 1. The predicted octanol–water partition coefficient (Wildman–Crippen LogP) is 4.24. The number of carbonyl (C=O) groups is 1. The van der Waals surface area contributed by atoms with E-state index >= 15 is 0 Å². The van der Waals surface area contributed by atoms with Gasteiger partial charge in [-0.3, -0.25) is 4.79 Å². The minimum absolute atomic E-state index is 0.0158. The van der Waals surface area contributed by atoms with E-state index in [9.17, 15) is 4.79 Å². The predicted molar refractivity (Wildman–Crippen MR) is 94.3 cm³/mol. The zero-order chi connectivity index (χ0) is 15.1. The van der Waals surface area contributed by atoms with E-state index in [0.717, 1.165) is 44.3 Å². The molecule has 1 spiro atoms. The SMILES string of the molecule is CC1(C)COC2(CC=C(c3nn(PI)cc3C=O)CC2)C1. The Morgan fingerprint density at radius 1 is 1.52 bits per heavy atom. The quantitative estimate of drug-likeness (QED) is 0.419. The van der Waals surface area contributed by atoms with Crippen LogP contribution in [0, 0.1) is 5.41 Å². The van der Waals surface area contributed by atoms with Crippen molar-refractivity contribution < 1.29 is 9.53 Å². The standard InChI is InChI=1S/C15H20IN2O2P/c1-14(2)9-15(20-10-14)5-3-11(4-6-15)13-12(8-19)7-18(17-13)21-16/h3,7-8,21H,4-6,9-10H2,1-2H3. The number of rotatable bonds is 3. The Kier molecular flexibility index (Phi) is 4.27. The fourth-order valence-electron chi connectivity index (χ4n) is 3.47. The van der Waals surface area contributed by atoms with Crippen LogP contribution in [0.15, 0.2) is 12.3 Å². The fraction of sp³-hybridized carbons (Fsp3) is 0.600. The molecule has 21 heavy (non-hydrogen) atoms. The molecule has 114 valence electrons. The second-order valence-corrected chi connectivity index (χ2v) is 8.90. The van der Waals surface area contributed by atoms with E-state index < -0.39 is 0 Å². The van der Waals surface area contributed by atoms with Crippen LogP contribution in [0.4, 0.5) is 0 Å². The average Bonchev–Trinajstić information content (AvgIpc) is 3.01. The molecular formula is C15H20IN2O2P. The normalized spacial score (nSPS) is 28.4. The lowest BCUT2D eigenvalue weighted by Crippen LogP contribution is -2.30. The van der Waals surface area contributed by atoms with Crippen LogP contribution in [-0.4, -0.2) is 28.0 Å². The molecule has 1 aliphatic carbocycles. The van der Waals surface area contributed by atoms with Gasteiger partial charge in [0.1, 0.15) is 0 Å². The van der Waals surface area contributed by atoms with E-state index in [0.29, 0.717) is 11.9 Å². The molecule has 0 radical (unpaired) electrons. The summed E-state index contributed by atoms with van der Waals surface area (Å²) in [4.78, 5) is 11.2. The summed E-state index contributed by atoms with van der Waals surface area (Å²) in [5, 5.41) is 4.55. The number of carbonyl (C=O) groups excluding carboxylic acids is 1. The lowest BCUT2D eigenvalue weighted by Gasteiger charge is -2.32. The number of ether oxygens (including phenoxy) is 1. The van der Waals surface area contributed by atoms with E-state index in [2.05, 4.69) is 47.1 Å². The van der Waals surface area contributed by atoms with Gasteiger partial charge in [-0.25, -0.2) is 4.45 Å². The molecule has 0 aromatic carbocycles. The van der Waals surface area contributed by atoms with Crippen molar-refractivity contribution in [3.63, 3.8) is 0 Å². The molecule has 1 aliphatic heterocycles. The van der Waals surface area contributed by atoms with Crippen LogP contribution in [0.5, 0.6) is 0 Å². The smallest absolute Gasteiger partial charge is 0.153 e. The molecule has 2 unspecified atom stereocenters. The van der Waals surface area contributed by atoms with Crippen molar-refractivity contribution in [1.82, 2.24) is 9.55 Å². The Morgan fingerprint density at radius 2 is 2.33 bits per heavy atom. The lowest BCUT2D eigenvalue weighted by molar-refractivity contribution is -0.00367. The highest BCUT2D eigenvalue weighted by Gasteiger charge is 2.45. The molecule has 0 bridgehead atoms. The van der Waals surface area contributed by atoms with Gasteiger partial charge in [0.2, 0.25) is 0 Å². The van der Waals surface area contributed by atoms with Crippen LogP contribution in [0.2, 0.25) is 0 Å². The van der Waals surface area contributed by atoms with Crippen LogP contribution >= 0.6 is 28.4 Å². The van der Waals surface area contributed by atoms with Gasteiger partial charge in [0.15, 0.2) is 6.29 Å². The van der Waals surface area contributed by atoms with Crippen LogP contribution < -0.4 is 0 Å². The Morgan fingerprint density at radius 3 is 2.86 bits per heavy atom. The molecule has 3 rings (SSSR count). The lowest BCUT2D eigenvalue weighted by atomic mass is 9.76. The molecule has 0 saturated carbocycles. The van der Waals surface area contributed by atoms with Gasteiger partial charge < -0.3 is 4.74 Å². The molecule has 1 fully saturated rings. The van der Waals surface area contributed by atoms with Crippen LogP contribution in [-0.2, 0) is 4.74 Å². The first kappa shape index (κ1) is 15.6. The summed E-state index contributed by atoms with van der Waals surface area (Å²) in [6, 6.07) is 0. The minimum Gasteiger partial charge on any atom is -0.374 e. The molecule has 1 saturated heterocycles. The Bertz CT molecular complexity index is 596. The van der Waals surface area contributed by atoms with E-state index in [-0.39, 0.29) is 11.0 Å². The van der Waals surface area contributed by atoms with Gasteiger partial charge in [0, 0.05) is 6.20 Å². The largest absolute Gasteiger partial charge is 0.374 e. The van der Waals surface area contributed by atoms with Gasteiger partial charge in [-0.1, -0.05) is 19.9 Å². The molecule has 0 amide bonds. The van der Waals surface area contributed by atoms with Gasteiger partial charge in [-0.05, 0) is 58.7 Å². The summed E-state index contributed by atoms with van der Waals surface area (Å²) in [5.41, 5.74) is 3.06. The topological polar surface area (TPSA) is 44.1 Å². The molecule has 4 nitrogen and oxygen atoms in total. The molecular weight excluding hydrogens is 398 g/mol. The van der Waals surface area contributed by atoms with Gasteiger partial charge in [-0.15, -0.1) is 0 Å². The third-order valence-corrected chi connectivity index (χ3v) is 6.29. The third kappa shape index (κ3) is 3.10. The van der Waals surface area contributed by atoms with Crippen LogP contribution in [0.25, 0.3) is 5.57 Å². The van der Waals surface area contributed by atoms with Crippen molar-refractivity contribution in [3.8, 4) is 0 Å². The first-order valence-electron chi connectivity index (χ1n) is 7.22. The number of aldehydes is 1. The maximum atomic E-state index is 11.2. The van der Waals surface area contributed by atoms with Gasteiger partial charge in [-0.2, -0.15) is 5.10 Å². The summed E-state index contributed by atoms with van der Waals surface area (Å²) >= 11 is 2.27. The third-order valence-electron chi connectivity index (χ3n) is 4.40. The molecule has 0 N–H and O–H groups in total. The highest BCUT2D eigenvalue weighted by atomic mass is 127. The van der Waals surface area contributed by atoms with E-state index in [1.165, 1.54) is 5.57 Å². The molecule has 2 atom stereocenters. The number of hydrogen-bond acceptors (Lipinski definition) is 3. The van der Waals surface area contributed by atoms with Crippen molar-refractivity contribution in [1.29, 1.82) is 0 Å². The van der Waals surface area contributed by atoms with Crippen molar-refractivity contribution in [3.05, 3.63) is 23.5 Å². The van der Waals surface area contributed by atoms with Crippen molar-refractivity contribution >= 4 is 40.3 Å². The van der Waals surface area contributed by atoms with Gasteiger partial charge in [0.25, 0.3) is 0 Å². The van der Waals surface area contributed by atoms with E-state index in [4.69, 9.17) is 4.74 Å². The second kappa shape index (κ2) is 5.74. The monoisotopic (exact) mass is 418 g/mol. The summed E-state index contributed by atoms with van der Waals surface area (Å²) in [7, 11) is 0. The first-order chi connectivity index (χ1) is 9.97. The zero-order valence-corrected chi connectivity index (χ0v) is 15.5. The Labute approximate surface area is 140 Å². The molecule has 1 aromatic rings.